The van der Waals surface area contributed by atoms with Crippen molar-refractivity contribution in [2.75, 3.05) is 37.5 Å². The van der Waals surface area contributed by atoms with Crippen LogP contribution in [-0.2, 0) is 0 Å². The highest BCUT2D eigenvalue weighted by atomic mass is 16.5. The Bertz CT molecular complexity index is 415. The minimum atomic E-state index is 0.237. The van der Waals surface area contributed by atoms with Crippen LogP contribution in [0.25, 0.3) is 0 Å². The van der Waals surface area contributed by atoms with Crippen molar-refractivity contribution in [3.63, 3.8) is 0 Å². The van der Waals surface area contributed by atoms with Crippen molar-refractivity contribution >= 4 is 11.9 Å². The highest BCUT2D eigenvalue weighted by molar-refractivity contribution is 5.36. The second-order valence-electron chi connectivity index (χ2n) is 6.22. The Kier molecular flexibility index (Phi) is 5.98. The molecule has 1 aromatic rings. The van der Waals surface area contributed by atoms with Crippen LogP contribution in [0.15, 0.2) is 0 Å². The Morgan fingerprint density at radius 1 is 1.15 bits per heavy atom. The summed E-state index contributed by atoms with van der Waals surface area (Å²) in [5.74, 6) is 1.17. The summed E-state index contributed by atoms with van der Waals surface area (Å²) < 4.78 is 5.66. The smallest absolute Gasteiger partial charge is 0.323 e. The van der Waals surface area contributed by atoms with E-state index < -0.39 is 0 Å². The maximum absolute atomic E-state index is 5.66. The van der Waals surface area contributed by atoms with Gasteiger partial charge < -0.3 is 15.0 Å². The molecule has 0 aliphatic heterocycles. The lowest BCUT2D eigenvalue weighted by atomic mass is 9.93. The van der Waals surface area contributed by atoms with Gasteiger partial charge in [0.05, 0.1) is 6.61 Å². The average molecular weight is 281 g/mol. The first-order valence-corrected chi connectivity index (χ1v) is 7.12. The van der Waals surface area contributed by atoms with E-state index in [9.17, 15) is 0 Å². The fourth-order valence-corrected chi connectivity index (χ4v) is 1.37. The molecule has 0 saturated heterocycles. The minimum Gasteiger partial charge on any atom is -0.463 e. The third-order valence-electron chi connectivity index (χ3n) is 2.62. The zero-order chi connectivity index (χ0) is 15.2. The lowest BCUT2D eigenvalue weighted by molar-refractivity contribution is 0.229. The zero-order valence-corrected chi connectivity index (χ0v) is 13.5. The van der Waals surface area contributed by atoms with Crippen LogP contribution in [0.2, 0.25) is 0 Å². The molecule has 0 radical (unpaired) electrons. The molecule has 1 rings (SSSR count). The third-order valence-corrected chi connectivity index (χ3v) is 2.62. The van der Waals surface area contributed by atoms with Crippen molar-refractivity contribution in [1.29, 1.82) is 0 Å². The summed E-state index contributed by atoms with van der Waals surface area (Å²) in [6, 6.07) is 0.381. The first-order valence-electron chi connectivity index (χ1n) is 7.12. The number of hydrogen-bond acceptors (Lipinski definition) is 6. The maximum atomic E-state index is 5.66. The molecule has 114 valence electrons. The predicted molar refractivity (Wildman–Crippen MR) is 82.5 cm³/mol. The number of nitrogens with one attached hydrogen (secondary N) is 1. The highest BCUT2D eigenvalue weighted by Crippen LogP contribution is 2.19. The Hall–Kier alpha value is -1.59. The van der Waals surface area contributed by atoms with Gasteiger partial charge in [-0.15, -0.1) is 0 Å². The van der Waals surface area contributed by atoms with E-state index in [4.69, 9.17) is 4.74 Å². The van der Waals surface area contributed by atoms with E-state index in [2.05, 4.69) is 48.0 Å². The first-order chi connectivity index (χ1) is 9.31. The maximum Gasteiger partial charge on any atom is 0.323 e. The van der Waals surface area contributed by atoms with Crippen molar-refractivity contribution in [3.05, 3.63) is 0 Å². The van der Waals surface area contributed by atoms with Gasteiger partial charge >= 0.3 is 6.01 Å². The van der Waals surface area contributed by atoms with E-state index in [1.54, 1.807) is 0 Å². The standard InChI is InChI=1S/C14H27N5O/c1-7-9-15-11-16-12(19(5)6)18-13(17-11)20-10-8-14(2,3)4/h7-10H2,1-6H3,(H,15,16,17,18). The topological polar surface area (TPSA) is 63.2 Å². The quantitative estimate of drug-likeness (QED) is 0.828. The molecule has 6 heteroatoms. The molecule has 0 fully saturated rings. The van der Waals surface area contributed by atoms with Crippen molar-refractivity contribution in [1.82, 2.24) is 15.0 Å². The fourth-order valence-electron chi connectivity index (χ4n) is 1.37. The summed E-state index contributed by atoms with van der Waals surface area (Å²) in [6.07, 6.45) is 1.97. The normalized spacial score (nSPS) is 11.3. The van der Waals surface area contributed by atoms with E-state index in [0.29, 0.717) is 24.5 Å². The Balaban J connectivity index is 2.75. The van der Waals surface area contributed by atoms with Gasteiger partial charge in [-0.3, -0.25) is 0 Å². The molecule has 20 heavy (non-hydrogen) atoms. The van der Waals surface area contributed by atoms with Crippen molar-refractivity contribution in [2.24, 2.45) is 5.41 Å². The second-order valence-corrected chi connectivity index (χ2v) is 6.22. The van der Waals surface area contributed by atoms with Gasteiger partial charge in [0.15, 0.2) is 0 Å². The van der Waals surface area contributed by atoms with E-state index >= 15 is 0 Å². The first kappa shape index (κ1) is 16.5. The van der Waals surface area contributed by atoms with Crippen LogP contribution in [0.3, 0.4) is 0 Å². The second kappa shape index (κ2) is 7.26. The van der Waals surface area contributed by atoms with Gasteiger partial charge in [-0.2, -0.15) is 15.0 Å². The van der Waals surface area contributed by atoms with Crippen LogP contribution in [0.4, 0.5) is 11.9 Å². The van der Waals surface area contributed by atoms with Crippen LogP contribution in [0, 0.1) is 5.41 Å². The number of anilines is 2. The van der Waals surface area contributed by atoms with Gasteiger partial charge in [0, 0.05) is 20.6 Å². The van der Waals surface area contributed by atoms with E-state index in [1.807, 2.05) is 19.0 Å². The Morgan fingerprint density at radius 2 is 1.85 bits per heavy atom. The Morgan fingerprint density at radius 3 is 2.40 bits per heavy atom. The molecule has 0 aliphatic rings. The summed E-state index contributed by atoms with van der Waals surface area (Å²) in [4.78, 5) is 14.8. The largest absolute Gasteiger partial charge is 0.463 e. The number of nitrogens with zero attached hydrogens (tertiary/aromatic N) is 4. The molecule has 0 aliphatic carbocycles. The predicted octanol–water partition coefficient (Wildman–Crippen LogP) is 2.57. The zero-order valence-electron chi connectivity index (χ0n) is 13.5. The minimum absolute atomic E-state index is 0.237. The summed E-state index contributed by atoms with van der Waals surface area (Å²) in [7, 11) is 3.80. The lowest BCUT2D eigenvalue weighted by Crippen LogP contribution is -2.17. The van der Waals surface area contributed by atoms with Gasteiger partial charge in [-0.25, -0.2) is 0 Å². The van der Waals surface area contributed by atoms with Crippen molar-refractivity contribution in [3.8, 4) is 6.01 Å². The number of hydrogen-bond donors (Lipinski definition) is 1. The van der Waals surface area contributed by atoms with Gasteiger partial charge in [-0.1, -0.05) is 27.7 Å². The van der Waals surface area contributed by atoms with Gasteiger partial charge in [0.2, 0.25) is 11.9 Å². The SMILES string of the molecule is CCCNc1nc(OCCC(C)(C)C)nc(N(C)C)n1. The Labute approximate surface area is 122 Å². The van der Waals surface area contributed by atoms with Crippen LogP contribution in [0.5, 0.6) is 6.01 Å². The summed E-state index contributed by atoms with van der Waals surface area (Å²) in [6.45, 7) is 10.1. The van der Waals surface area contributed by atoms with Crippen LogP contribution >= 0.6 is 0 Å². The molecule has 1 N–H and O–H groups in total. The molecule has 1 heterocycles. The van der Waals surface area contributed by atoms with E-state index in [1.165, 1.54) is 0 Å². The number of aromatic nitrogens is 3. The molecule has 0 amide bonds. The van der Waals surface area contributed by atoms with E-state index in [-0.39, 0.29) is 5.41 Å². The van der Waals surface area contributed by atoms with Crippen molar-refractivity contribution < 1.29 is 4.74 Å². The van der Waals surface area contributed by atoms with Gasteiger partial charge in [0.25, 0.3) is 0 Å². The molecule has 0 bridgehead atoms. The summed E-state index contributed by atoms with van der Waals surface area (Å²) >= 11 is 0. The molecule has 0 unspecified atom stereocenters. The van der Waals surface area contributed by atoms with Crippen LogP contribution in [-0.4, -0.2) is 42.2 Å². The summed E-state index contributed by atoms with van der Waals surface area (Å²) in [5, 5.41) is 3.17. The van der Waals surface area contributed by atoms with Crippen molar-refractivity contribution in [2.45, 2.75) is 40.5 Å². The van der Waals surface area contributed by atoms with Gasteiger partial charge in [-0.05, 0) is 18.3 Å². The summed E-state index contributed by atoms with van der Waals surface area (Å²) in [5.41, 5.74) is 0.237. The van der Waals surface area contributed by atoms with Crippen LogP contribution in [0.1, 0.15) is 40.5 Å². The monoisotopic (exact) mass is 281 g/mol. The number of ether oxygens (including phenoxy) is 1. The third kappa shape index (κ3) is 6.04. The van der Waals surface area contributed by atoms with E-state index in [0.717, 1.165) is 19.4 Å². The molecule has 1 aromatic heterocycles. The lowest BCUT2D eigenvalue weighted by Gasteiger charge is -2.18. The molecule has 0 spiro atoms. The van der Waals surface area contributed by atoms with Gasteiger partial charge in [0.1, 0.15) is 0 Å². The molecular weight excluding hydrogens is 254 g/mol. The van der Waals surface area contributed by atoms with Crippen LogP contribution < -0.4 is 15.0 Å². The molecule has 6 nitrogen and oxygen atoms in total. The molecule has 0 saturated carbocycles. The average Bonchev–Trinajstić information content (AvgIpc) is 2.34. The highest BCUT2D eigenvalue weighted by Gasteiger charge is 2.12. The molecular formula is C14H27N5O. The fraction of sp³-hybridized carbons (Fsp3) is 0.786. The molecule has 0 atom stereocenters. The molecule has 0 aromatic carbocycles. The number of rotatable bonds is 7.